The van der Waals surface area contributed by atoms with Crippen LogP contribution in [0.2, 0.25) is 0 Å². The van der Waals surface area contributed by atoms with Gasteiger partial charge in [-0.25, -0.2) is 4.98 Å². The maximum absolute atomic E-state index is 13.0. The summed E-state index contributed by atoms with van der Waals surface area (Å²) in [5.74, 6) is -0.256. The average Bonchev–Trinajstić information content (AvgIpc) is 3.37. The summed E-state index contributed by atoms with van der Waals surface area (Å²) < 4.78 is 3.01. The third kappa shape index (κ3) is 4.09. The first kappa shape index (κ1) is 22.3. The Morgan fingerprint density at radius 1 is 1.12 bits per heavy atom. The van der Waals surface area contributed by atoms with Gasteiger partial charge in [-0.15, -0.1) is 0 Å². The van der Waals surface area contributed by atoms with Crippen LogP contribution >= 0.6 is 11.3 Å². The second kappa shape index (κ2) is 9.02. The summed E-state index contributed by atoms with van der Waals surface area (Å²) in [6.45, 7) is 0.769. The van der Waals surface area contributed by atoms with Crippen LogP contribution in [-0.2, 0) is 4.79 Å². The SMILES string of the molecule is CNC(=O)c1ccc(-c2cn3c(n2)sc2cc(C(=O)C[C@H]4CCCCN(C)C4=O)ccc23)cc1. The van der Waals surface area contributed by atoms with E-state index in [-0.39, 0.29) is 29.9 Å². The molecule has 1 fully saturated rings. The summed E-state index contributed by atoms with van der Waals surface area (Å²) in [6, 6.07) is 13.1. The van der Waals surface area contributed by atoms with Crippen LogP contribution < -0.4 is 5.32 Å². The Morgan fingerprint density at radius 3 is 2.65 bits per heavy atom. The number of carbonyl (C=O) groups excluding carboxylic acids is 3. The van der Waals surface area contributed by atoms with E-state index in [1.807, 2.05) is 48.0 Å². The summed E-state index contributed by atoms with van der Waals surface area (Å²) in [7, 11) is 3.43. The van der Waals surface area contributed by atoms with E-state index in [1.165, 1.54) is 11.3 Å². The number of nitrogens with zero attached hydrogens (tertiary/aromatic N) is 3. The van der Waals surface area contributed by atoms with Crippen molar-refractivity contribution in [2.75, 3.05) is 20.6 Å². The minimum Gasteiger partial charge on any atom is -0.355 e. The van der Waals surface area contributed by atoms with Crippen molar-refractivity contribution in [1.29, 1.82) is 0 Å². The Labute approximate surface area is 201 Å². The molecule has 174 valence electrons. The lowest BCUT2D eigenvalue weighted by Gasteiger charge is -2.19. The van der Waals surface area contributed by atoms with Gasteiger partial charge in [0.25, 0.3) is 5.91 Å². The summed E-state index contributed by atoms with van der Waals surface area (Å²) in [5, 5.41) is 2.62. The topological polar surface area (TPSA) is 83.8 Å². The number of hydrogen-bond donors (Lipinski definition) is 1. The highest BCUT2D eigenvalue weighted by atomic mass is 32.1. The zero-order chi connectivity index (χ0) is 23.8. The third-order valence-electron chi connectivity index (χ3n) is 6.54. The van der Waals surface area contributed by atoms with Gasteiger partial charge in [0.15, 0.2) is 10.7 Å². The number of imidazole rings is 1. The summed E-state index contributed by atoms with van der Waals surface area (Å²) in [4.78, 5) is 44.7. The zero-order valence-electron chi connectivity index (χ0n) is 19.2. The molecule has 0 spiro atoms. The number of thiazole rings is 1. The number of ketones is 1. The second-order valence-electron chi connectivity index (χ2n) is 8.80. The van der Waals surface area contributed by atoms with Crippen molar-refractivity contribution >= 4 is 44.1 Å². The third-order valence-corrected chi connectivity index (χ3v) is 7.56. The number of rotatable bonds is 5. The molecule has 2 amide bonds. The van der Waals surface area contributed by atoms with Gasteiger partial charge in [0.1, 0.15) is 0 Å². The van der Waals surface area contributed by atoms with Gasteiger partial charge in [-0.2, -0.15) is 0 Å². The van der Waals surface area contributed by atoms with Crippen LogP contribution in [-0.4, -0.2) is 52.5 Å². The molecule has 4 aromatic rings. The standard InChI is InChI=1S/C26H26N4O3S/c1-27-24(32)17-8-6-16(7-9-17)20-15-30-21-11-10-18(14-23(21)34-26(30)28-20)22(31)13-19-5-3-4-12-29(2)25(19)33/h6-11,14-15,19H,3-5,12-13H2,1-2H3,(H,27,32)/t19-/m1/s1. The highest BCUT2D eigenvalue weighted by Crippen LogP contribution is 2.31. The van der Waals surface area contributed by atoms with Crippen molar-refractivity contribution < 1.29 is 14.4 Å². The molecule has 7 nitrogen and oxygen atoms in total. The van der Waals surface area contributed by atoms with Crippen LogP contribution in [0.5, 0.6) is 0 Å². The molecule has 2 aromatic carbocycles. The first-order chi connectivity index (χ1) is 16.4. The highest BCUT2D eigenvalue weighted by molar-refractivity contribution is 7.23. The Morgan fingerprint density at radius 2 is 1.88 bits per heavy atom. The molecule has 5 rings (SSSR count). The number of hydrogen-bond acceptors (Lipinski definition) is 5. The minimum absolute atomic E-state index is 0.0125. The van der Waals surface area contributed by atoms with Crippen LogP contribution in [0, 0.1) is 5.92 Å². The van der Waals surface area contributed by atoms with Crippen molar-refractivity contribution in [2.45, 2.75) is 25.7 Å². The van der Waals surface area contributed by atoms with Gasteiger partial charge in [-0.1, -0.05) is 29.9 Å². The molecule has 2 aromatic heterocycles. The van der Waals surface area contributed by atoms with Crippen LogP contribution in [0.3, 0.4) is 0 Å². The molecular formula is C26H26N4O3S. The Balaban J connectivity index is 1.38. The maximum atomic E-state index is 13.0. The predicted molar refractivity (Wildman–Crippen MR) is 133 cm³/mol. The lowest BCUT2D eigenvalue weighted by Crippen LogP contribution is -2.32. The van der Waals surface area contributed by atoms with Crippen molar-refractivity contribution in [3.05, 3.63) is 59.8 Å². The summed E-state index contributed by atoms with van der Waals surface area (Å²) in [6.07, 6.45) is 4.98. The second-order valence-corrected chi connectivity index (χ2v) is 9.81. The van der Waals surface area contributed by atoms with E-state index in [9.17, 15) is 14.4 Å². The molecule has 34 heavy (non-hydrogen) atoms. The minimum atomic E-state index is -0.228. The van der Waals surface area contributed by atoms with Gasteiger partial charge in [0.05, 0.1) is 15.9 Å². The number of benzene rings is 2. The van der Waals surface area contributed by atoms with Crippen LogP contribution in [0.4, 0.5) is 0 Å². The van der Waals surface area contributed by atoms with E-state index in [0.717, 1.165) is 52.2 Å². The lowest BCUT2D eigenvalue weighted by atomic mass is 9.93. The maximum Gasteiger partial charge on any atom is 0.251 e. The molecule has 0 saturated carbocycles. The Hall–Kier alpha value is -3.52. The number of aromatic nitrogens is 2. The lowest BCUT2D eigenvalue weighted by molar-refractivity contribution is -0.133. The van der Waals surface area contributed by atoms with Crippen LogP contribution in [0.1, 0.15) is 46.4 Å². The zero-order valence-corrected chi connectivity index (χ0v) is 20.0. The molecular weight excluding hydrogens is 448 g/mol. The van der Waals surface area contributed by atoms with Crippen LogP contribution in [0.25, 0.3) is 26.4 Å². The Bertz CT molecular complexity index is 1400. The quantitative estimate of drug-likeness (QED) is 0.435. The fourth-order valence-corrected chi connectivity index (χ4v) is 5.61. The fraction of sp³-hybridized carbons (Fsp3) is 0.308. The van der Waals surface area contributed by atoms with Crippen LogP contribution in [0.15, 0.2) is 48.7 Å². The molecule has 1 aliphatic heterocycles. The molecule has 1 saturated heterocycles. The molecule has 1 aliphatic rings. The smallest absolute Gasteiger partial charge is 0.251 e. The Kier molecular flexibility index (Phi) is 5.91. The first-order valence-electron chi connectivity index (χ1n) is 11.5. The molecule has 8 heteroatoms. The molecule has 1 N–H and O–H groups in total. The number of amides is 2. The van der Waals surface area contributed by atoms with E-state index in [2.05, 4.69) is 5.32 Å². The van der Waals surface area contributed by atoms with Gasteiger partial charge in [-0.05, 0) is 43.2 Å². The van der Waals surface area contributed by atoms with Crippen molar-refractivity contribution in [3.8, 4) is 11.3 Å². The van der Waals surface area contributed by atoms with E-state index in [0.29, 0.717) is 11.1 Å². The molecule has 0 bridgehead atoms. The molecule has 0 radical (unpaired) electrons. The van der Waals surface area contributed by atoms with Gasteiger partial charge >= 0.3 is 0 Å². The molecule has 0 aliphatic carbocycles. The van der Waals surface area contributed by atoms with E-state index in [4.69, 9.17) is 4.98 Å². The monoisotopic (exact) mass is 474 g/mol. The summed E-state index contributed by atoms with van der Waals surface area (Å²) >= 11 is 1.53. The van der Waals surface area contributed by atoms with Crippen molar-refractivity contribution in [2.24, 2.45) is 5.92 Å². The number of Topliss-reactive ketones (excluding diaryl/α,β-unsaturated/α-hetero) is 1. The largest absolute Gasteiger partial charge is 0.355 e. The van der Waals surface area contributed by atoms with Crippen molar-refractivity contribution in [1.82, 2.24) is 19.6 Å². The molecule has 3 heterocycles. The number of carbonyl (C=O) groups is 3. The van der Waals surface area contributed by atoms with E-state index >= 15 is 0 Å². The highest BCUT2D eigenvalue weighted by Gasteiger charge is 2.27. The number of likely N-dealkylation sites (tertiary alicyclic amines) is 1. The van der Waals surface area contributed by atoms with E-state index in [1.54, 1.807) is 24.1 Å². The normalized spacial score (nSPS) is 16.7. The molecule has 1 atom stereocenters. The first-order valence-corrected chi connectivity index (χ1v) is 12.3. The number of fused-ring (bicyclic) bond motifs is 3. The van der Waals surface area contributed by atoms with Gasteiger partial charge in [0.2, 0.25) is 5.91 Å². The fourth-order valence-electron chi connectivity index (χ4n) is 4.57. The molecule has 0 unspecified atom stereocenters. The van der Waals surface area contributed by atoms with Gasteiger partial charge < -0.3 is 10.2 Å². The van der Waals surface area contributed by atoms with Gasteiger partial charge in [0, 0.05) is 55.9 Å². The van der Waals surface area contributed by atoms with Gasteiger partial charge in [-0.3, -0.25) is 18.8 Å². The predicted octanol–water partition coefficient (Wildman–Crippen LogP) is 4.41. The number of nitrogens with one attached hydrogen (secondary N) is 1. The average molecular weight is 475 g/mol. The van der Waals surface area contributed by atoms with E-state index < -0.39 is 0 Å². The summed E-state index contributed by atoms with van der Waals surface area (Å²) in [5.41, 5.74) is 3.99. The van der Waals surface area contributed by atoms with Crippen molar-refractivity contribution in [3.63, 3.8) is 0 Å².